The molecule has 0 aliphatic carbocycles. The van der Waals surface area contributed by atoms with Gasteiger partial charge in [-0.2, -0.15) is 13.2 Å². The first-order valence-electron chi connectivity index (χ1n) is 7.14. The average molecular weight is 347 g/mol. The fourth-order valence-electron chi connectivity index (χ4n) is 2.37. The molecule has 1 aliphatic heterocycles. The summed E-state index contributed by atoms with van der Waals surface area (Å²) in [6.07, 6.45) is -4.37. The summed E-state index contributed by atoms with van der Waals surface area (Å²) in [5.74, 6) is -0.761. The smallest absolute Gasteiger partial charge is 0.416 e. The van der Waals surface area contributed by atoms with Gasteiger partial charge in [0.05, 0.1) is 23.9 Å². The number of nitrogens with one attached hydrogen (secondary N) is 1. The lowest BCUT2D eigenvalue weighted by Gasteiger charge is -2.23. The molecular weight excluding hydrogens is 331 g/mol. The van der Waals surface area contributed by atoms with Crippen LogP contribution in [0, 0.1) is 0 Å². The predicted molar refractivity (Wildman–Crippen MR) is 75.0 cm³/mol. The lowest BCUT2D eigenvalue weighted by molar-refractivity contribution is -0.138. The molecule has 1 atom stereocenters. The highest BCUT2D eigenvalue weighted by Gasteiger charge is 2.32. The zero-order valence-corrected chi connectivity index (χ0v) is 12.5. The van der Waals surface area contributed by atoms with Crippen molar-refractivity contribution in [3.63, 3.8) is 0 Å². The monoisotopic (exact) mass is 347 g/mol. The van der Waals surface area contributed by atoms with Crippen LogP contribution >= 0.6 is 0 Å². The largest absolute Gasteiger partial charge is 0.465 e. The van der Waals surface area contributed by atoms with E-state index in [4.69, 9.17) is 9.84 Å². The Balaban J connectivity index is 1.91. The quantitative estimate of drug-likeness (QED) is 0.838. The van der Waals surface area contributed by atoms with Crippen LogP contribution in [0.15, 0.2) is 18.3 Å². The normalized spacial score (nSPS) is 17.7. The van der Waals surface area contributed by atoms with Gasteiger partial charge in [-0.25, -0.2) is 9.69 Å². The number of carbonyl (C=O) groups excluding carboxylic acids is 1. The van der Waals surface area contributed by atoms with Gasteiger partial charge in [-0.1, -0.05) is 0 Å². The van der Waals surface area contributed by atoms with Crippen molar-refractivity contribution >= 4 is 12.0 Å². The summed E-state index contributed by atoms with van der Waals surface area (Å²) in [5.41, 5.74) is -0.867. The molecule has 132 valence electrons. The number of hydrogen-bond donors (Lipinski definition) is 2. The maximum absolute atomic E-state index is 12.6. The van der Waals surface area contributed by atoms with Crippen molar-refractivity contribution in [2.45, 2.75) is 25.2 Å². The topological polar surface area (TPSA) is 91.8 Å². The predicted octanol–water partition coefficient (Wildman–Crippen LogP) is 1.49. The van der Waals surface area contributed by atoms with Gasteiger partial charge in [-0.05, 0) is 25.1 Å². The summed E-state index contributed by atoms with van der Waals surface area (Å²) in [7, 11) is 0. The van der Waals surface area contributed by atoms with Gasteiger partial charge in [-0.15, -0.1) is 0 Å². The van der Waals surface area contributed by atoms with Gasteiger partial charge in [-0.3, -0.25) is 9.78 Å². The Morgan fingerprint density at radius 2 is 2.21 bits per heavy atom. The van der Waals surface area contributed by atoms with E-state index >= 15 is 0 Å². The number of carboxylic acid groups (broad SMARTS) is 1. The van der Waals surface area contributed by atoms with Crippen LogP contribution in [0.4, 0.5) is 18.0 Å². The van der Waals surface area contributed by atoms with Gasteiger partial charge >= 0.3 is 12.3 Å². The lowest BCUT2D eigenvalue weighted by Crippen LogP contribution is -2.46. The molecule has 24 heavy (non-hydrogen) atoms. The third kappa shape index (κ3) is 4.65. The number of imide groups is 1. The van der Waals surface area contributed by atoms with E-state index in [0.29, 0.717) is 24.4 Å². The average Bonchev–Trinajstić information content (AvgIpc) is 3.00. The molecule has 0 spiro atoms. The summed E-state index contributed by atoms with van der Waals surface area (Å²) in [6, 6.07) is 1.18. The number of rotatable bonds is 5. The SMILES string of the molecule is O=C(O)N(C(=O)COCc1cc(C(F)(F)F)ccn1)[C@H]1CCNC1. The van der Waals surface area contributed by atoms with Crippen molar-refractivity contribution in [2.24, 2.45) is 0 Å². The van der Waals surface area contributed by atoms with Gasteiger partial charge in [0.15, 0.2) is 0 Å². The van der Waals surface area contributed by atoms with Crippen LogP contribution in [0.3, 0.4) is 0 Å². The lowest BCUT2D eigenvalue weighted by atomic mass is 10.2. The standard InChI is InChI=1S/C14H16F3N3O4/c15-14(16,17)9-1-4-19-10(5-9)7-24-8-12(21)20(13(22)23)11-2-3-18-6-11/h1,4-5,11,18H,2-3,6-8H2,(H,22,23)/t11-/m0/s1. The molecule has 0 unspecified atom stereocenters. The number of pyridine rings is 1. The number of ether oxygens (including phenoxy) is 1. The molecule has 0 aromatic carbocycles. The van der Waals surface area contributed by atoms with E-state index in [1.807, 2.05) is 0 Å². The second kappa shape index (κ2) is 7.58. The molecule has 1 aromatic rings. The van der Waals surface area contributed by atoms with Crippen LogP contribution in [-0.4, -0.2) is 52.7 Å². The molecule has 10 heteroatoms. The van der Waals surface area contributed by atoms with Crippen LogP contribution in [0.25, 0.3) is 0 Å². The molecule has 1 fully saturated rings. The van der Waals surface area contributed by atoms with Gasteiger partial charge in [0.1, 0.15) is 6.61 Å². The third-order valence-electron chi connectivity index (χ3n) is 3.49. The van der Waals surface area contributed by atoms with E-state index in [1.54, 1.807) is 0 Å². The molecule has 2 amide bonds. The Morgan fingerprint density at radius 1 is 1.46 bits per heavy atom. The molecule has 2 heterocycles. The highest BCUT2D eigenvalue weighted by molar-refractivity contribution is 5.92. The zero-order chi connectivity index (χ0) is 17.7. The van der Waals surface area contributed by atoms with Gasteiger partial charge < -0.3 is 15.2 Å². The first-order valence-corrected chi connectivity index (χ1v) is 7.14. The number of halogens is 3. The Morgan fingerprint density at radius 3 is 2.79 bits per heavy atom. The van der Waals surface area contributed by atoms with E-state index < -0.39 is 36.4 Å². The maximum atomic E-state index is 12.6. The molecule has 1 aromatic heterocycles. The summed E-state index contributed by atoms with van der Waals surface area (Å²) in [5, 5.41) is 12.1. The minimum absolute atomic E-state index is 0.00188. The summed E-state index contributed by atoms with van der Waals surface area (Å²) in [6.45, 7) is 0.0940. The van der Waals surface area contributed by atoms with E-state index in [2.05, 4.69) is 10.3 Å². The Hall–Kier alpha value is -2.20. The molecule has 1 saturated heterocycles. The van der Waals surface area contributed by atoms with Crippen molar-refractivity contribution in [3.8, 4) is 0 Å². The minimum Gasteiger partial charge on any atom is -0.465 e. The van der Waals surface area contributed by atoms with E-state index in [9.17, 15) is 22.8 Å². The number of nitrogens with zero attached hydrogens (tertiary/aromatic N) is 2. The second-order valence-electron chi connectivity index (χ2n) is 5.22. The molecule has 7 nitrogen and oxygen atoms in total. The first kappa shape index (κ1) is 18.1. The fourth-order valence-corrected chi connectivity index (χ4v) is 2.37. The van der Waals surface area contributed by atoms with E-state index in [1.165, 1.54) is 0 Å². The second-order valence-corrected chi connectivity index (χ2v) is 5.22. The number of hydrogen-bond acceptors (Lipinski definition) is 5. The van der Waals surface area contributed by atoms with E-state index in [0.717, 1.165) is 18.3 Å². The molecular formula is C14H16F3N3O4. The van der Waals surface area contributed by atoms with Crippen LogP contribution in [0.5, 0.6) is 0 Å². The summed E-state index contributed by atoms with van der Waals surface area (Å²) < 4.78 is 42.8. The third-order valence-corrected chi connectivity index (χ3v) is 3.49. The molecule has 1 aliphatic rings. The molecule has 2 N–H and O–H groups in total. The van der Waals surface area contributed by atoms with Gasteiger partial charge in [0.2, 0.25) is 0 Å². The van der Waals surface area contributed by atoms with Crippen LogP contribution < -0.4 is 5.32 Å². The van der Waals surface area contributed by atoms with Crippen molar-refractivity contribution in [3.05, 3.63) is 29.6 Å². The van der Waals surface area contributed by atoms with Gasteiger partial charge in [0.25, 0.3) is 5.91 Å². The first-order chi connectivity index (χ1) is 11.3. The summed E-state index contributed by atoms with van der Waals surface area (Å²) in [4.78, 5) is 27.6. The minimum atomic E-state index is -4.50. The Kier molecular flexibility index (Phi) is 5.73. The van der Waals surface area contributed by atoms with Crippen LogP contribution in [0.2, 0.25) is 0 Å². The number of aromatic nitrogens is 1. The van der Waals surface area contributed by atoms with Crippen LogP contribution in [-0.2, 0) is 22.3 Å². The number of alkyl halides is 3. The molecule has 0 saturated carbocycles. The van der Waals surface area contributed by atoms with Crippen molar-refractivity contribution in [2.75, 3.05) is 19.7 Å². The Labute approximate surface area is 135 Å². The van der Waals surface area contributed by atoms with Crippen molar-refractivity contribution in [1.82, 2.24) is 15.2 Å². The highest BCUT2D eigenvalue weighted by Crippen LogP contribution is 2.29. The zero-order valence-electron chi connectivity index (χ0n) is 12.5. The van der Waals surface area contributed by atoms with E-state index in [-0.39, 0.29) is 12.3 Å². The molecule has 2 rings (SSSR count). The highest BCUT2D eigenvalue weighted by atomic mass is 19.4. The van der Waals surface area contributed by atoms with Gasteiger partial charge in [0, 0.05) is 12.7 Å². The van der Waals surface area contributed by atoms with Crippen molar-refractivity contribution < 1.29 is 32.6 Å². The molecule has 0 radical (unpaired) electrons. The maximum Gasteiger partial charge on any atom is 0.416 e. The molecule has 0 bridgehead atoms. The summed E-state index contributed by atoms with van der Waals surface area (Å²) >= 11 is 0. The number of amides is 2. The number of carbonyl (C=O) groups is 2. The van der Waals surface area contributed by atoms with Crippen molar-refractivity contribution in [1.29, 1.82) is 0 Å². The van der Waals surface area contributed by atoms with Crippen LogP contribution in [0.1, 0.15) is 17.7 Å². The fraction of sp³-hybridized carbons (Fsp3) is 0.500. The Bertz CT molecular complexity index is 603.